The van der Waals surface area contributed by atoms with Crippen LogP contribution in [0.3, 0.4) is 0 Å². The van der Waals surface area contributed by atoms with Crippen molar-refractivity contribution >= 4 is 33.0 Å². The number of carbonyl (C=O) groups excluding carboxylic acids is 1. The molecule has 0 spiro atoms. The van der Waals surface area contributed by atoms with E-state index in [1.54, 1.807) is 11.3 Å². The molecule has 4 aromatic rings. The normalized spacial score (nSPS) is 12.5. The summed E-state index contributed by atoms with van der Waals surface area (Å²) in [6.45, 7) is 3.91. The minimum atomic E-state index is -0.238. The molecule has 0 aliphatic rings. The monoisotopic (exact) mass is 408 g/mol. The van der Waals surface area contributed by atoms with Gasteiger partial charge in [-0.25, -0.2) is 4.68 Å². The third-order valence-corrected chi connectivity index (χ3v) is 5.95. The Hall–Kier alpha value is -2.93. The standard InChI is InChI=1S/C22H24N4O2S/c1-3-20-24-25(22(28)18-13-19-17(26(18)20)11-12-29-19)14-21(27)23-15(2)9-10-16-7-5-4-6-8-16/h4-8,11-13,15H,3,9-10,14H2,1-2H3,(H,23,27)/t15-/m1/s1. The molecule has 29 heavy (non-hydrogen) atoms. The second kappa shape index (κ2) is 8.21. The first-order valence-electron chi connectivity index (χ1n) is 9.88. The highest BCUT2D eigenvalue weighted by molar-refractivity contribution is 7.17. The van der Waals surface area contributed by atoms with E-state index in [9.17, 15) is 9.59 Å². The molecule has 0 unspecified atom stereocenters. The average molecular weight is 409 g/mol. The molecular weight excluding hydrogens is 384 g/mol. The van der Waals surface area contributed by atoms with E-state index < -0.39 is 0 Å². The third kappa shape index (κ3) is 3.96. The molecule has 1 N–H and O–H groups in total. The van der Waals surface area contributed by atoms with Crippen LogP contribution in [0.5, 0.6) is 0 Å². The minimum Gasteiger partial charge on any atom is -0.352 e. The number of nitrogens with zero attached hydrogens (tertiary/aromatic N) is 3. The molecule has 0 fully saturated rings. The Kier molecular flexibility index (Phi) is 5.49. The quantitative estimate of drug-likeness (QED) is 0.510. The van der Waals surface area contributed by atoms with Crippen molar-refractivity contribution in [2.24, 2.45) is 0 Å². The second-order valence-corrected chi connectivity index (χ2v) is 8.21. The van der Waals surface area contributed by atoms with Crippen molar-refractivity contribution in [2.75, 3.05) is 0 Å². The van der Waals surface area contributed by atoms with E-state index in [0.717, 1.165) is 28.9 Å². The highest BCUT2D eigenvalue weighted by atomic mass is 32.1. The van der Waals surface area contributed by atoms with Crippen molar-refractivity contribution < 1.29 is 4.79 Å². The molecule has 1 atom stereocenters. The van der Waals surface area contributed by atoms with Crippen molar-refractivity contribution in [3.05, 3.63) is 69.6 Å². The fourth-order valence-electron chi connectivity index (χ4n) is 3.62. The summed E-state index contributed by atoms with van der Waals surface area (Å²) in [5.41, 5.74) is 2.58. The highest BCUT2D eigenvalue weighted by Gasteiger charge is 2.16. The van der Waals surface area contributed by atoms with E-state index in [2.05, 4.69) is 22.5 Å². The van der Waals surface area contributed by atoms with Crippen molar-refractivity contribution in [3.8, 4) is 0 Å². The molecule has 1 aromatic carbocycles. The predicted octanol–water partition coefficient (Wildman–Crippen LogP) is 3.41. The van der Waals surface area contributed by atoms with Gasteiger partial charge in [0.2, 0.25) is 5.91 Å². The molecule has 0 bridgehead atoms. The number of aromatic nitrogens is 3. The van der Waals surface area contributed by atoms with Crippen LogP contribution in [0.2, 0.25) is 0 Å². The van der Waals surface area contributed by atoms with Gasteiger partial charge in [0.15, 0.2) is 0 Å². The van der Waals surface area contributed by atoms with Gasteiger partial charge >= 0.3 is 0 Å². The average Bonchev–Trinajstić information content (AvgIpc) is 3.31. The van der Waals surface area contributed by atoms with Gasteiger partial charge in [0.25, 0.3) is 5.56 Å². The molecular formula is C22H24N4O2S. The van der Waals surface area contributed by atoms with Crippen LogP contribution >= 0.6 is 11.3 Å². The van der Waals surface area contributed by atoms with E-state index in [1.807, 2.05) is 54.0 Å². The maximum atomic E-state index is 12.9. The molecule has 4 rings (SSSR count). The number of nitrogens with one attached hydrogen (secondary N) is 1. The maximum absolute atomic E-state index is 12.9. The first-order chi connectivity index (χ1) is 14.1. The Morgan fingerprint density at radius 2 is 2.00 bits per heavy atom. The number of thiophene rings is 1. The van der Waals surface area contributed by atoms with Gasteiger partial charge in [-0.1, -0.05) is 37.3 Å². The molecule has 7 heteroatoms. The molecule has 3 aromatic heterocycles. The van der Waals surface area contributed by atoms with Gasteiger partial charge in [0.1, 0.15) is 17.9 Å². The molecule has 1 amide bonds. The van der Waals surface area contributed by atoms with Gasteiger partial charge in [-0.2, -0.15) is 5.10 Å². The number of fused-ring (bicyclic) bond motifs is 3. The molecule has 0 saturated carbocycles. The minimum absolute atomic E-state index is 0.0198. The second-order valence-electron chi connectivity index (χ2n) is 7.26. The Morgan fingerprint density at radius 3 is 2.76 bits per heavy atom. The summed E-state index contributed by atoms with van der Waals surface area (Å²) >= 11 is 1.60. The lowest BCUT2D eigenvalue weighted by molar-refractivity contribution is -0.122. The Morgan fingerprint density at radius 1 is 1.21 bits per heavy atom. The fourth-order valence-corrected chi connectivity index (χ4v) is 4.42. The van der Waals surface area contributed by atoms with Crippen LogP contribution in [0.4, 0.5) is 0 Å². The van der Waals surface area contributed by atoms with Crippen molar-refractivity contribution in [1.82, 2.24) is 19.5 Å². The van der Waals surface area contributed by atoms with Crippen LogP contribution < -0.4 is 10.9 Å². The van der Waals surface area contributed by atoms with Crippen molar-refractivity contribution in [1.29, 1.82) is 0 Å². The topological polar surface area (TPSA) is 68.4 Å². The number of benzene rings is 1. The molecule has 0 saturated heterocycles. The fraction of sp³-hybridized carbons (Fsp3) is 0.318. The lowest BCUT2D eigenvalue weighted by Crippen LogP contribution is -2.39. The summed E-state index contributed by atoms with van der Waals surface area (Å²) in [5.74, 6) is 0.581. The van der Waals surface area contributed by atoms with Crippen molar-refractivity contribution in [3.63, 3.8) is 0 Å². The van der Waals surface area contributed by atoms with Crippen LogP contribution in [0.1, 0.15) is 31.7 Å². The zero-order valence-electron chi connectivity index (χ0n) is 16.6. The van der Waals surface area contributed by atoms with Gasteiger partial charge in [0.05, 0.1) is 10.2 Å². The summed E-state index contributed by atoms with van der Waals surface area (Å²) in [6.07, 6.45) is 2.41. The number of hydrogen-bond donors (Lipinski definition) is 1. The molecule has 0 aliphatic carbocycles. The summed E-state index contributed by atoms with van der Waals surface area (Å²) in [4.78, 5) is 25.4. The number of amides is 1. The van der Waals surface area contributed by atoms with Crippen LogP contribution in [-0.2, 0) is 24.2 Å². The zero-order chi connectivity index (χ0) is 20.4. The first kappa shape index (κ1) is 19.4. The van der Waals surface area contributed by atoms with Crippen LogP contribution in [-0.4, -0.2) is 26.1 Å². The first-order valence-corrected chi connectivity index (χ1v) is 10.8. The summed E-state index contributed by atoms with van der Waals surface area (Å²) in [6, 6.07) is 14.1. The van der Waals surface area contributed by atoms with Gasteiger partial charge in [-0.3, -0.25) is 14.0 Å². The largest absolute Gasteiger partial charge is 0.352 e. The maximum Gasteiger partial charge on any atom is 0.291 e. The summed E-state index contributed by atoms with van der Waals surface area (Å²) < 4.78 is 4.25. The Labute approximate surface area is 172 Å². The number of hydrogen-bond acceptors (Lipinski definition) is 4. The smallest absolute Gasteiger partial charge is 0.291 e. The number of aryl methyl sites for hydroxylation is 2. The Bertz CT molecular complexity index is 1210. The van der Waals surface area contributed by atoms with Gasteiger partial charge in [0, 0.05) is 12.5 Å². The predicted molar refractivity (Wildman–Crippen MR) is 117 cm³/mol. The molecule has 6 nitrogen and oxygen atoms in total. The Balaban J connectivity index is 1.49. The third-order valence-electron chi connectivity index (χ3n) is 5.10. The van der Waals surface area contributed by atoms with E-state index >= 15 is 0 Å². The van der Waals surface area contributed by atoms with Gasteiger partial charge in [-0.15, -0.1) is 11.3 Å². The highest BCUT2D eigenvalue weighted by Crippen LogP contribution is 2.24. The van der Waals surface area contributed by atoms with E-state index in [-0.39, 0.29) is 24.1 Å². The van der Waals surface area contributed by atoms with E-state index in [1.165, 1.54) is 10.2 Å². The molecule has 3 heterocycles. The molecule has 150 valence electrons. The summed E-state index contributed by atoms with van der Waals surface area (Å²) in [7, 11) is 0. The van der Waals surface area contributed by atoms with E-state index in [4.69, 9.17) is 0 Å². The zero-order valence-corrected chi connectivity index (χ0v) is 17.4. The van der Waals surface area contributed by atoms with Crippen LogP contribution in [0.15, 0.2) is 52.6 Å². The number of carbonyl (C=O) groups is 1. The summed E-state index contributed by atoms with van der Waals surface area (Å²) in [5, 5.41) is 9.47. The van der Waals surface area contributed by atoms with Gasteiger partial charge in [-0.05, 0) is 42.8 Å². The van der Waals surface area contributed by atoms with Gasteiger partial charge < -0.3 is 5.32 Å². The lowest BCUT2D eigenvalue weighted by Gasteiger charge is -2.15. The molecule has 0 radical (unpaired) electrons. The van der Waals surface area contributed by atoms with Crippen LogP contribution in [0.25, 0.3) is 15.7 Å². The van der Waals surface area contributed by atoms with E-state index in [0.29, 0.717) is 11.9 Å². The SMILES string of the molecule is CCc1nn(CC(=O)N[C@H](C)CCc2ccccc2)c(=O)c2cc3sccc3n12. The van der Waals surface area contributed by atoms with Crippen LogP contribution in [0, 0.1) is 0 Å². The lowest BCUT2D eigenvalue weighted by atomic mass is 10.1. The molecule has 0 aliphatic heterocycles. The van der Waals surface area contributed by atoms with Crippen molar-refractivity contribution in [2.45, 2.75) is 45.7 Å². The number of rotatable bonds is 7.